The van der Waals surface area contributed by atoms with E-state index in [1.54, 1.807) is 0 Å². The minimum atomic E-state index is -0.234. The van der Waals surface area contributed by atoms with Gasteiger partial charge in [-0.2, -0.15) is 0 Å². The number of nitrogens with one attached hydrogen (secondary N) is 1. The number of methoxy groups -OCH3 is 1. The van der Waals surface area contributed by atoms with E-state index in [9.17, 15) is 4.79 Å². The van der Waals surface area contributed by atoms with Crippen LogP contribution in [0.1, 0.15) is 13.3 Å². The zero-order valence-electron chi connectivity index (χ0n) is 6.96. The lowest BCUT2D eigenvalue weighted by Gasteiger charge is -2.08. The normalized spacial score (nSPS) is 12.6. The smallest absolute Gasteiger partial charge is 0.306 e. The maximum absolute atomic E-state index is 10.6. The molecule has 4 nitrogen and oxygen atoms in total. The number of aliphatic hydroxyl groups is 1. The Hall–Kier alpha value is -0.610. The summed E-state index contributed by atoms with van der Waals surface area (Å²) in [6, 6.07) is 0.0413. The van der Waals surface area contributed by atoms with Gasteiger partial charge in [-0.1, -0.05) is 0 Å². The van der Waals surface area contributed by atoms with Crippen molar-refractivity contribution in [1.29, 1.82) is 0 Å². The highest BCUT2D eigenvalue weighted by atomic mass is 16.5. The van der Waals surface area contributed by atoms with Crippen LogP contribution in [0.15, 0.2) is 0 Å². The monoisotopic (exact) mass is 161 g/mol. The highest BCUT2D eigenvalue weighted by molar-refractivity contribution is 5.69. The Bertz CT molecular complexity index is 116. The molecule has 66 valence electrons. The van der Waals surface area contributed by atoms with Crippen LogP contribution in [-0.2, 0) is 9.53 Å². The van der Waals surface area contributed by atoms with Gasteiger partial charge in [-0.3, -0.25) is 4.79 Å². The Morgan fingerprint density at radius 1 is 1.73 bits per heavy atom. The van der Waals surface area contributed by atoms with Gasteiger partial charge < -0.3 is 15.2 Å². The molecule has 0 spiro atoms. The van der Waals surface area contributed by atoms with Gasteiger partial charge in [0.2, 0.25) is 0 Å². The second-order valence-corrected chi connectivity index (χ2v) is 2.36. The van der Waals surface area contributed by atoms with Crippen LogP contribution in [-0.4, -0.2) is 37.4 Å². The average molecular weight is 161 g/mol. The van der Waals surface area contributed by atoms with E-state index in [1.807, 2.05) is 6.92 Å². The molecule has 0 aromatic rings. The Balaban J connectivity index is 3.20. The van der Waals surface area contributed by atoms with Gasteiger partial charge in [-0.25, -0.2) is 0 Å². The molecule has 0 radical (unpaired) electrons. The molecule has 0 aromatic heterocycles. The van der Waals surface area contributed by atoms with Gasteiger partial charge in [-0.15, -0.1) is 0 Å². The third kappa shape index (κ3) is 5.82. The lowest BCUT2D eigenvalue weighted by Crippen LogP contribution is -2.31. The van der Waals surface area contributed by atoms with Crippen molar-refractivity contribution < 1.29 is 14.6 Å². The molecule has 0 fully saturated rings. The number of esters is 1. The molecule has 0 bridgehead atoms. The van der Waals surface area contributed by atoms with E-state index in [1.165, 1.54) is 7.11 Å². The summed E-state index contributed by atoms with van der Waals surface area (Å²) in [5.74, 6) is -0.234. The summed E-state index contributed by atoms with van der Waals surface area (Å²) in [5.41, 5.74) is 0. The van der Waals surface area contributed by atoms with E-state index in [0.29, 0.717) is 13.0 Å². The van der Waals surface area contributed by atoms with Crippen molar-refractivity contribution in [2.24, 2.45) is 0 Å². The first-order chi connectivity index (χ1) is 5.20. The molecule has 1 atom stereocenters. The summed E-state index contributed by atoms with van der Waals surface area (Å²) in [6.45, 7) is 2.48. The third-order valence-electron chi connectivity index (χ3n) is 1.32. The molecule has 0 aliphatic carbocycles. The van der Waals surface area contributed by atoms with Gasteiger partial charge in [0.1, 0.15) is 0 Å². The predicted molar refractivity (Wildman–Crippen MR) is 41.2 cm³/mol. The molecule has 1 unspecified atom stereocenters. The van der Waals surface area contributed by atoms with Crippen LogP contribution in [0.25, 0.3) is 0 Å². The van der Waals surface area contributed by atoms with Crippen molar-refractivity contribution in [1.82, 2.24) is 5.32 Å². The second-order valence-electron chi connectivity index (χ2n) is 2.36. The molecule has 0 heterocycles. The van der Waals surface area contributed by atoms with Gasteiger partial charge >= 0.3 is 5.97 Å². The van der Waals surface area contributed by atoms with E-state index < -0.39 is 0 Å². The van der Waals surface area contributed by atoms with E-state index in [0.717, 1.165) is 0 Å². The zero-order chi connectivity index (χ0) is 8.69. The topological polar surface area (TPSA) is 58.6 Å². The van der Waals surface area contributed by atoms with Crippen molar-refractivity contribution in [2.75, 3.05) is 20.3 Å². The van der Waals surface area contributed by atoms with Crippen LogP contribution in [0.5, 0.6) is 0 Å². The first-order valence-electron chi connectivity index (χ1n) is 3.61. The fraction of sp³-hybridized carbons (Fsp3) is 0.857. The molecular weight excluding hydrogens is 146 g/mol. The second kappa shape index (κ2) is 6.12. The lowest BCUT2D eigenvalue weighted by molar-refractivity contribution is -0.140. The molecule has 11 heavy (non-hydrogen) atoms. The maximum Gasteiger partial charge on any atom is 0.306 e. The van der Waals surface area contributed by atoms with Crippen LogP contribution in [0, 0.1) is 0 Å². The van der Waals surface area contributed by atoms with Gasteiger partial charge in [0.25, 0.3) is 0 Å². The Labute approximate surface area is 66.5 Å². The largest absolute Gasteiger partial charge is 0.469 e. The van der Waals surface area contributed by atoms with Gasteiger partial charge in [0, 0.05) is 12.6 Å². The summed E-state index contributed by atoms with van der Waals surface area (Å²) in [6.07, 6.45) is 0.348. The van der Waals surface area contributed by atoms with Crippen molar-refractivity contribution in [3.05, 3.63) is 0 Å². The third-order valence-corrected chi connectivity index (χ3v) is 1.32. The molecule has 4 heteroatoms. The highest BCUT2D eigenvalue weighted by Gasteiger charge is 2.01. The maximum atomic E-state index is 10.6. The molecule has 0 aromatic carbocycles. The van der Waals surface area contributed by atoms with Crippen LogP contribution in [0.3, 0.4) is 0 Å². The molecule has 0 rings (SSSR count). The van der Waals surface area contributed by atoms with E-state index in [2.05, 4.69) is 10.1 Å². The Kier molecular flexibility index (Phi) is 5.78. The zero-order valence-corrected chi connectivity index (χ0v) is 6.96. The van der Waals surface area contributed by atoms with Crippen molar-refractivity contribution in [2.45, 2.75) is 19.4 Å². The van der Waals surface area contributed by atoms with Crippen LogP contribution in [0.2, 0.25) is 0 Å². The van der Waals surface area contributed by atoms with E-state index in [-0.39, 0.29) is 18.6 Å². The minimum Gasteiger partial charge on any atom is -0.469 e. The molecular formula is C7H15NO3. The van der Waals surface area contributed by atoms with Gasteiger partial charge in [0.05, 0.1) is 20.1 Å². The SMILES string of the molecule is COC(=O)CCNC(C)CO. The first kappa shape index (κ1) is 10.4. The minimum absolute atomic E-state index is 0.0413. The van der Waals surface area contributed by atoms with Crippen molar-refractivity contribution >= 4 is 5.97 Å². The van der Waals surface area contributed by atoms with Crippen LogP contribution < -0.4 is 5.32 Å². The molecule has 0 amide bonds. The summed E-state index contributed by atoms with van der Waals surface area (Å²) < 4.78 is 4.42. The number of hydrogen-bond donors (Lipinski definition) is 2. The van der Waals surface area contributed by atoms with E-state index in [4.69, 9.17) is 5.11 Å². The Morgan fingerprint density at radius 3 is 2.82 bits per heavy atom. The number of carbonyl (C=O) groups excluding carboxylic acids is 1. The average Bonchev–Trinajstić information content (AvgIpc) is 2.04. The number of hydrogen-bond acceptors (Lipinski definition) is 4. The summed E-state index contributed by atoms with van der Waals surface area (Å²) in [4.78, 5) is 10.6. The Morgan fingerprint density at radius 2 is 2.36 bits per heavy atom. The highest BCUT2D eigenvalue weighted by Crippen LogP contribution is 1.83. The van der Waals surface area contributed by atoms with Crippen LogP contribution >= 0.6 is 0 Å². The van der Waals surface area contributed by atoms with Gasteiger partial charge in [-0.05, 0) is 6.92 Å². The van der Waals surface area contributed by atoms with Gasteiger partial charge in [0.15, 0.2) is 0 Å². The predicted octanol–water partition coefficient (Wildman–Crippen LogP) is -0.480. The van der Waals surface area contributed by atoms with E-state index >= 15 is 0 Å². The molecule has 0 aliphatic rings. The number of aliphatic hydroxyl groups excluding tert-OH is 1. The number of ether oxygens (including phenoxy) is 1. The summed E-state index contributed by atoms with van der Waals surface area (Å²) in [5, 5.41) is 11.5. The quantitative estimate of drug-likeness (QED) is 0.535. The molecule has 0 saturated heterocycles. The fourth-order valence-corrected chi connectivity index (χ4v) is 0.587. The summed E-state index contributed by atoms with van der Waals surface area (Å²) in [7, 11) is 1.36. The lowest BCUT2D eigenvalue weighted by atomic mass is 10.3. The first-order valence-corrected chi connectivity index (χ1v) is 3.61. The fourth-order valence-electron chi connectivity index (χ4n) is 0.587. The molecule has 2 N–H and O–H groups in total. The summed E-state index contributed by atoms with van der Waals surface area (Å²) >= 11 is 0. The number of carbonyl (C=O) groups is 1. The standard InChI is InChI=1S/C7H15NO3/c1-6(5-9)8-4-3-7(10)11-2/h6,8-9H,3-5H2,1-2H3. The molecule has 0 aliphatic heterocycles. The van der Waals surface area contributed by atoms with Crippen molar-refractivity contribution in [3.8, 4) is 0 Å². The number of rotatable bonds is 5. The van der Waals surface area contributed by atoms with Crippen molar-refractivity contribution in [3.63, 3.8) is 0 Å². The molecule has 0 saturated carbocycles. The van der Waals surface area contributed by atoms with Crippen LogP contribution in [0.4, 0.5) is 0 Å².